The van der Waals surface area contributed by atoms with Crippen LogP contribution in [0.3, 0.4) is 0 Å². The molecule has 0 aliphatic heterocycles. The van der Waals surface area contributed by atoms with Crippen molar-refractivity contribution in [2.24, 2.45) is 4.99 Å². The smallest absolute Gasteiger partial charge is 0.229 e. The summed E-state index contributed by atoms with van der Waals surface area (Å²) in [7, 11) is 0.277. The summed E-state index contributed by atoms with van der Waals surface area (Å²) in [6.07, 6.45) is 1.11. The van der Waals surface area contributed by atoms with E-state index in [1.54, 1.807) is 25.2 Å². The Morgan fingerprint density at radius 2 is 1.85 bits per heavy atom. The minimum Gasteiger partial charge on any atom is -0.352 e. The summed E-state index contributed by atoms with van der Waals surface area (Å²) >= 11 is 0. The van der Waals surface area contributed by atoms with Gasteiger partial charge in [0.15, 0.2) is 5.96 Å². The van der Waals surface area contributed by atoms with E-state index in [2.05, 4.69) is 15.0 Å². The van der Waals surface area contributed by atoms with Gasteiger partial charge in [0.2, 0.25) is 10.0 Å². The first-order valence-electron chi connectivity index (χ1n) is 8.00. The van der Waals surface area contributed by atoms with Crippen LogP contribution in [0.2, 0.25) is 0 Å². The number of hydrogen-bond acceptors (Lipinski definition) is 3. The number of anilines is 1. The fourth-order valence-corrected chi connectivity index (χ4v) is 3.02. The molecule has 0 aliphatic carbocycles. The van der Waals surface area contributed by atoms with Gasteiger partial charge in [0, 0.05) is 32.9 Å². The number of rotatable bonds is 6. The Kier molecular flexibility index (Phi) is 6.57. The standard InChI is InChI=1S/C18H23FN4O2S/c1-20-18(23(2)13-15-5-4-6-16(19)11-15)21-12-14-7-9-17(10-8-14)22-26(3,24)25/h4-11,22H,12-13H2,1-3H3,(H,20,21). The second-order valence-corrected chi connectivity index (χ2v) is 7.71. The van der Waals surface area contributed by atoms with Crippen LogP contribution in [0.5, 0.6) is 0 Å². The number of halogens is 1. The van der Waals surface area contributed by atoms with Gasteiger partial charge in [-0.2, -0.15) is 0 Å². The molecule has 0 aliphatic rings. The van der Waals surface area contributed by atoms with E-state index in [4.69, 9.17) is 0 Å². The molecule has 0 atom stereocenters. The maximum absolute atomic E-state index is 13.3. The molecule has 26 heavy (non-hydrogen) atoms. The predicted molar refractivity (Wildman–Crippen MR) is 103 cm³/mol. The van der Waals surface area contributed by atoms with Crippen LogP contribution in [0.4, 0.5) is 10.1 Å². The number of guanidine groups is 1. The summed E-state index contributed by atoms with van der Waals surface area (Å²) in [4.78, 5) is 6.13. The first kappa shape index (κ1) is 19.7. The highest BCUT2D eigenvalue weighted by Crippen LogP contribution is 2.11. The molecule has 0 radical (unpaired) electrons. The van der Waals surface area contributed by atoms with Crippen LogP contribution in [-0.4, -0.2) is 39.6 Å². The third-order valence-corrected chi connectivity index (χ3v) is 4.20. The number of aliphatic imine (C=N–C) groups is 1. The normalized spacial score (nSPS) is 11.9. The van der Waals surface area contributed by atoms with Crippen LogP contribution in [-0.2, 0) is 23.1 Å². The molecule has 0 spiro atoms. The molecule has 0 fully saturated rings. The predicted octanol–water partition coefficient (Wildman–Crippen LogP) is 2.40. The van der Waals surface area contributed by atoms with Gasteiger partial charge in [-0.05, 0) is 35.4 Å². The average molecular weight is 378 g/mol. The van der Waals surface area contributed by atoms with Crippen molar-refractivity contribution in [3.8, 4) is 0 Å². The summed E-state index contributed by atoms with van der Waals surface area (Å²) in [5.41, 5.74) is 2.35. The van der Waals surface area contributed by atoms with Crippen molar-refractivity contribution in [1.82, 2.24) is 10.2 Å². The van der Waals surface area contributed by atoms with Gasteiger partial charge in [0.05, 0.1) is 6.26 Å². The van der Waals surface area contributed by atoms with Crippen molar-refractivity contribution in [2.75, 3.05) is 25.1 Å². The highest BCUT2D eigenvalue weighted by atomic mass is 32.2. The second kappa shape index (κ2) is 8.66. The fraction of sp³-hybridized carbons (Fsp3) is 0.278. The number of benzene rings is 2. The highest BCUT2D eigenvalue weighted by molar-refractivity contribution is 7.92. The first-order valence-corrected chi connectivity index (χ1v) is 9.89. The van der Waals surface area contributed by atoms with E-state index in [-0.39, 0.29) is 5.82 Å². The monoisotopic (exact) mass is 378 g/mol. The maximum Gasteiger partial charge on any atom is 0.229 e. The Morgan fingerprint density at radius 3 is 2.42 bits per heavy atom. The Bertz CT molecular complexity index is 867. The first-order chi connectivity index (χ1) is 12.3. The Hall–Kier alpha value is -2.61. The third-order valence-electron chi connectivity index (χ3n) is 3.59. The van der Waals surface area contributed by atoms with Gasteiger partial charge in [0.25, 0.3) is 0 Å². The van der Waals surface area contributed by atoms with E-state index in [0.717, 1.165) is 17.4 Å². The number of nitrogens with one attached hydrogen (secondary N) is 2. The highest BCUT2D eigenvalue weighted by Gasteiger charge is 2.08. The Labute approximate surface area is 153 Å². The van der Waals surface area contributed by atoms with Crippen molar-refractivity contribution in [1.29, 1.82) is 0 Å². The van der Waals surface area contributed by atoms with Crippen LogP contribution in [0.15, 0.2) is 53.5 Å². The van der Waals surface area contributed by atoms with E-state index in [1.165, 1.54) is 12.1 Å². The quantitative estimate of drug-likeness (QED) is 0.598. The van der Waals surface area contributed by atoms with E-state index in [9.17, 15) is 12.8 Å². The van der Waals surface area contributed by atoms with Crippen LogP contribution in [0.1, 0.15) is 11.1 Å². The maximum atomic E-state index is 13.3. The van der Waals surface area contributed by atoms with Crippen LogP contribution >= 0.6 is 0 Å². The lowest BCUT2D eigenvalue weighted by molar-refractivity contribution is 0.474. The van der Waals surface area contributed by atoms with Gasteiger partial charge in [-0.25, -0.2) is 12.8 Å². The molecule has 2 aromatic carbocycles. The van der Waals surface area contributed by atoms with E-state index >= 15 is 0 Å². The summed E-state index contributed by atoms with van der Waals surface area (Å²) < 4.78 is 38.2. The second-order valence-electron chi connectivity index (χ2n) is 5.96. The van der Waals surface area contributed by atoms with Crippen LogP contribution < -0.4 is 10.0 Å². The molecule has 2 rings (SSSR count). The fourth-order valence-electron chi connectivity index (χ4n) is 2.45. The molecular weight excluding hydrogens is 355 g/mol. The minimum absolute atomic E-state index is 0.262. The van der Waals surface area contributed by atoms with Gasteiger partial charge in [0.1, 0.15) is 5.82 Å². The molecule has 0 heterocycles. The zero-order valence-corrected chi connectivity index (χ0v) is 15.8. The molecule has 6 nitrogen and oxygen atoms in total. The third kappa shape index (κ3) is 6.36. The van der Waals surface area contributed by atoms with Crippen molar-refractivity contribution in [3.05, 3.63) is 65.5 Å². The molecule has 0 unspecified atom stereocenters. The van der Waals surface area contributed by atoms with Crippen molar-refractivity contribution < 1.29 is 12.8 Å². The summed E-state index contributed by atoms with van der Waals surface area (Å²) in [5, 5.41) is 3.23. The van der Waals surface area contributed by atoms with Crippen LogP contribution in [0.25, 0.3) is 0 Å². The zero-order valence-electron chi connectivity index (χ0n) is 15.0. The number of nitrogens with zero attached hydrogens (tertiary/aromatic N) is 2. The Morgan fingerprint density at radius 1 is 1.15 bits per heavy atom. The average Bonchev–Trinajstić information content (AvgIpc) is 2.55. The SMILES string of the molecule is CN=C(NCc1ccc(NS(C)(=O)=O)cc1)N(C)Cc1cccc(F)c1. The summed E-state index contributed by atoms with van der Waals surface area (Å²) in [6.45, 7) is 1.05. The van der Waals surface area contributed by atoms with Gasteiger partial charge < -0.3 is 10.2 Å². The zero-order chi connectivity index (χ0) is 19.2. The largest absolute Gasteiger partial charge is 0.352 e. The van der Waals surface area contributed by atoms with Crippen LogP contribution in [0, 0.1) is 5.82 Å². The van der Waals surface area contributed by atoms with E-state index < -0.39 is 10.0 Å². The van der Waals surface area contributed by atoms with Crippen molar-refractivity contribution in [2.45, 2.75) is 13.1 Å². The lowest BCUT2D eigenvalue weighted by Crippen LogP contribution is -2.38. The molecule has 0 aromatic heterocycles. The molecule has 0 amide bonds. The van der Waals surface area contributed by atoms with Gasteiger partial charge >= 0.3 is 0 Å². The molecule has 140 valence electrons. The minimum atomic E-state index is -3.28. The van der Waals surface area contributed by atoms with E-state index in [0.29, 0.717) is 24.7 Å². The summed E-state index contributed by atoms with van der Waals surface area (Å²) in [5.74, 6) is 0.411. The molecule has 8 heteroatoms. The van der Waals surface area contributed by atoms with Gasteiger partial charge in [-0.3, -0.25) is 9.71 Å². The lowest BCUT2D eigenvalue weighted by Gasteiger charge is -2.22. The van der Waals surface area contributed by atoms with E-state index in [1.807, 2.05) is 30.1 Å². The molecule has 0 saturated carbocycles. The molecule has 0 bridgehead atoms. The summed E-state index contributed by atoms with van der Waals surface area (Å²) in [6, 6.07) is 13.5. The van der Waals surface area contributed by atoms with Gasteiger partial charge in [-0.15, -0.1) is 0 Å². The Balaban J connectivity index is 1.93. The van der Waals surface area contributed by atoms with Gasteiger partial charge in [-0.1, -0.05) is 24.3 Å². The molecule has 2 N–H and O–H groups in total. The molecule has 2 aromatic rings. The lowest BCUT2D eigenvalue weighted by atomic mass is 10.2. The van der Waals surface area contributed by atoms with Crippen molar-refractivity contribution in [3.63, 3.8) is 0 Å². The number of sulfonamides is 1. The van der Waals surface area contributed by atoms with Crippen molar-refractivity contribution >= 4 is 21.7 Å². The number of hydrogen-bond donors (Lipinski definition) is 2. The molecule has 0 saturated heterocycles. The molecular formula is C18H23FN4O2S. The topological polar surface area (TPSA) is 73.8 Å².